The number of pyridine rings is 1. The maximum Gasteiger partial charge on any atom is 0.242 e. The van der Waals surface area contributed by atoms with Gasteiger partial charge in [0.15, 0.2) is 5.65 Å². The van der Waals surface area contributed by atoms with E-state index in [-0.39, 0.29) is 12.5 Å². The second-order valence-corrected chi connectivity index (χ2v) is 6.66. The Morgan fingerprint density at radius 1 is 1.30 bits per heavy atom. The molecule has 2 aromatic heterocycles. The van der Waals surface area contributed by atoms with E-state index in [9.17, 15) is 4.79 Å². The second-order valence-electron chi connectivity index (χ2n) is 5.31. The molecule has 0 aliphatic carbocycles. The Balaban J connectivity index is 2.18. The first-order valence-corrected chi connectivity index (χ1v) is 8.10. The molecule has 0 saturated heterocycles. The highest BCUT2D eigenvalue weighted by atomic mass is 79.9. The third kappa shape index (κ3) is 3.23. The van der Waals surface area contributed by atoms with Crippen LogP contribution in [0.15, 0.2) is 41.0 Å². The van der Waals surface area contributed by atoms with Crippen LogP contribution < -0.4 is 0 Å². The van der Waals surface area contributed by atoms with Gasteiger partial charge in [-0.25, -0.2) is 9.97 Å². The molecule has 0 bridgehead atoms. The molecule has 23 heavy (non-hydrogen) atoms. The Bertz CT molecular complexity index is 874. The van der Waals surface area contributed by atoms with Crippen LogP contribution in [0.2, 0.25) is 5.02 Å². The van der Waals surface area contributed by atoms with Crippen LogP contribution in [0, 0.1) is 0 Å². The molecular weight excluding hydrogens is 380 g/mol. The fourth-order valence-corrected chi connectivity index (χ4v) is 2.68. The lowest BCUT2D eigenvalue weighted by Crippen LogP contribution is -2.26. The molecular formula is C16H14BrClN4O. The Morgan fingerprint density at radius 2 is 2.00 bits per heavy atom. The number of nitrogens with zero attached hydrogens (tertiary/aromatic N) is 4. The van der Waals surface area contributed by atoms with Gasteiger partial charge in [-0.2, -0.15) is 0 Å². The zero-order chi connectivity index (χ0) is 16.6. The molecule has 0 aliphatic heterocycles. The zero-order valence-corrected chi connectivity index (χ0v) is 15.0. The average molecular weight is 394 g/mol. The molecule has 0 radical (unpaired) electrons. The van der Waals surface area contributed by atoms with Crippen molar-refractivity contribution in [3.8, 4) is 11.4 Å². The van der Waals surface area contributed by atoms with E-state index in [1.165, 1.54) is 0 Å². The van der Waals surface area contributed by atoms with E-state index in [1.54, 1.807) is 37.3 Å². The van der Waals surface area contributed by atoms with Gasteiger partial charge in [-0.15, -0.1) is 0 Å². The summed E-state index contributed by atoms with van der Waals surface area (Å²) in [6, 6.07) is 9.26. The van der Waals surface area contributed by atoms with Gasteiger partial charge < -0.3 is 4.90 Å². The monoisotopic (exact) mass is 392 g/mol. The molecule has 5 nitrogen and oxygen atoms in total. The van der Waals surface area contributed by atoms with E-state index in [0.717, 1.165) is 15.6 Å². The van der Waals surface area contributed by atoms with Crippen LogP contribution in [0.25, 0.3) is 22.6 Å². The van der Waals surface area contributed by atoms with Crippen LogP contribution in [0.5, 0.6) is 0 Å². The normalized spacial score (nSPS) is 11.0. The average Bonchev–Trinajstić information content (AvgIpc) is 2.85. The lowest BCUT2D eigenvalue weighted by atomic mass is 10.2. The smallest absolute Gasteiger partial charge is 0.242 e. The predicted molar refractivity (Wildman–Crippen MR) is 94.4 cm³/mol. The van der Waals surface area contributed by atoms with Crippen molar-refractivity contribution in [2.45, 2.75) is 6.54 Å². The number of imidazole rings is 1. The summed E-state index contributed by atoms with van der Waals surface area (Å²) < 4.78 is 2.67. The third-order valence-corrected chi connectivity index (χ3v) is 4.13. The van der Waals surface area contributed by atoms with Gasteiger partial charge in [0.1, 0.15) is 17.9 Å². The van der Waals surface area contributed by atoms with Gasteiger partial charge in [-0.05, 0) is 46.3 Å². The first-order valence-electron chi connectivity index (χ1n) is 6.93. The summed E-state index contributed by atoms with van der Waals surface area (Å²) in [4.78, 5) is 22.8. The minimum atomic E-state index is -0.0239. The Labute approximate surface area is 147 Å². The highest BCUT2D eigenvalue weighted by molar-refractivity contribution is 9.10. The number of rotatable bonds is 3. The number of benzene rings is 1. The van der Waals surface area contributed by atoms with Gasteiger partial charge in [-0.1, -0.05) is 11.6 Å². The fourth-order valence-electron chi connectivity index (χ4n) is 2.23. The molecule has 0 atom stereocenters. The molecule has 3 aromatic rings. The molecule has 7 heteroatoms. The number of hydrogen-bond acceptors (Lipinski definition) is 3. The van der Waals surface area contributed by atoms with Crippen LogP contribution in [-0.2, 0) is 11.3 Å². The van der Waals surface area contributed by atoms with Gasteiger partial charge in [0, 0.05) is 35.4 Å². The number of fused-ring (bicyclic) bond motifs is 1. The second kappa shape index (κ2) is 6.29. The fraction of sp³-hybridized carbons (Fsp3) is 0.188. The van der Waals surface area contributed by atoms with Gasteiger partial charge >= 0.3 is 0 Å². The summed E-state index contributed by atoms with van der Waals surface area (Å²) in [5.74, 6) is 0.668. The largest absolute Gasteiger partial charge is 0.347 e. The first kappa shape index (κ1) is 16.0. The van der Waals surface area contributed by atoms with Gasteiger partial charge in [-0.3, -0.25) is 9.36 Å². The Kier molecular flexibility index (Phi) is 4.37. The van der Waals surface area contributed by atoms with E-state index in [1.807, 2.05) is 22.8 Å². The molecule has 0 fully saturated rings. The number of aromatic nitrogens is 3. The molecule has 118 valence electrons. The molecule has 0 saturated carbocycles. The van der Waals surface area contributed by atoms with Crippen LogP contribution >= 0.6 is 27.5 Å². The summed E-state index contributed by atoms with van der Waals surface area (Å²) in [5, 5.41) is 0.654. The number of carbonyl (C=O) groups is 1. The highest BCUT2D eigenvalue weighted by Crippen LogP contribution is 2.26. The third-order valence-electron chi connectivity index (χ3n) is 3.45. The van der Waals surface area contributed by atoms with E-state index in [2.05, 4.69) is 25.9 Å². The van der Waals surface area contributed by atoms with Gasteiger partial charge in [0.2, 0.25) is 5.91 Å². The van der Waals surface area contributed by atoms with Crippen molar-refractivity contribution in [1.29, 1.82) is 0 Å². The minimum absolute atomic E-state index is 0.0239. The van der Waals surface area contributed by atoms with E-state index < -0.39 is 0 Å². The predicted octanol–water partition coefficient (Wildman–Crippen LogP) is 3.60. The van der Waals surface area contributed by atoms with Gasteiger partial charge in [0.05, 0.1) is 0 Å². The quantitative estimate of drug-likeness (QED) is 0.683. The van der Waals surface area contributed by atoms with E-state index in [0.29, 0.717) is 16.5 Å². The number of hydrogen-bond donors (Lipinski definition) is 0. The molecule has 0 spiro atoms. The summed E-state index contributed by atoms with van der Waals surface area (Å²) in [5.41, 5.74) is 2.29. The number of carbonyl (C=O) groups excluding carboxylic acids is 1. The summed E-state index contributed by atoms with van der Waals surface area (Å²) >= 11 is 9.36. The topological polar surface area (TPSA) is 51.0 Å². The van der Waals surface area contributed by atoms with Crippen molar-refractivity contribution >= 4 is 44.6 Å². The summed E-state index contributed by atoms with van der Waals surface area (Å²) in [6.07, 6.45) is 1.70. The van der Waals surface area contributed by atoms with Crippen LogP contribution in [0.1, 0.15) is 0 Å². The van der Waals surface area contributed by atoms with Crippen LogP contribution in [-0.4, -0.2) is 39.4 Å². The number of likely N-dealkylation sites (N-methyl/N-ethyl adjacent to an activating group) is 1. The van der Waals surface area contributed by atoms with Crippen molar-refractivity contribution in [2.75, 3.05) is 14.1 Å². The van der Waals surface area contributed by atoms with Crippen LogP contribution in [0.4, 0.5) is 0 Å². The highest BCUT2D eigenvalue weighted by Gasteiger charge is 2.17. The van der Waals surface area contributed by atoms with Crippen LogP contribution in [0.3, 0.4) is 0 Å². The van der Waals surface area contributed by atoms with Crippen molar-refractivity contribution in [3.63, 3.8) is 0 Å². The maximum absolute atomic E-state index is 12.2. The lowest BCUT2D eigenvalue weighted by Gasteiger charge is -2.13. The van der Waals surface area contributed by atoms with E-state index in [4.69, 9.17) is 11.6 Å². The maximum atomic E-state index is 12.2. The molecule has 0 aliphatic rings. The Morgan fingerprint density at radius 3 is 2.65 bits per heavy atom. The van der Waals surface area contributed by atoms with Crippen molar-refractivity contribution in [1.82, 2.24) is 19.4 Å². The SMILES string of the molecule is CN(C)C(=O)Cn1c(-c2ccc(Cl)cc2)nc2cc(Br)cnc21. The van der Waals surface area contributed by atoms with Crippen molar-refractivity contribution in [3.05, 3.63) is 46.0 Å². The molecule has 2 heterocycles. The number of amides is 1. The van der Waals surface area contributed by atoms with Crippen molar-refractivity contribution < 1.29 is 4.79 Å². The standard InChI is InChI=1S/C16H14BrClN4O/c1-21(2)14(23)9-22-15(10-3-5-12(18)6-4-10)20-13-7-11(17)8-19-16(13)22/h3-8H,9H2,1-2H3. The minimum Gasteiger partial charge on any atom is -0.347 e. The summed E-state index contributed by atoms with van der Waals surface area (Å²) in [6.45, 7) is 0.177. The lowest BCUT2D eigenvalue weighted by molar-refractivity contribution is -0.129. The molecule has 3 rings (SSSR count). The summed E-state index contributed by atoms with van der Waals surface area (Å²) in [7, 11) is 3.46. The molecule has 0 unspecified atom stereocenters. The zero-order valence-electron chi connectivity index (χ0n) is 12.6. The first-order chi connectivity index (χ1) is 11.0. The number of halogens is 2. The molecule has 0 N–H and O–H groups in total. The molecule has 1 aromatic carbocycles. The Hall–Kier alpha value is -1.92. The van der Waals surface area contributed by atoms with E-state index >= 15 is 0 Å². The molecule has 1 amide bonds. The van der Waals surface area contributed by atoms with Gasteiger partial charge in [0.25, 0.3) is 0 Å². The van der Waals surface area contributed by atoms with Crippen molar-refractivity contribution in [2.24, 2.45) is 0 Å².